The second-order valence-electron chi connectivity index (χ2n) is 5.71. The predicted octanol–water partition coefficient (Wildman–Crippen LogP) is 2.14. The molecule has 1 saturated heterocycles. The lowest BCUT2D eigenvalue weighted by Crippen LogP contribution is -2.45. The van der Waals surface area contributed by atoms with Crippen LogP contribution in [0.2, 0.25) is 0 Å². The van der Waals surface area contributed by atoms with Crippen LogP contribution in [-0.4, -0.2) is 29.9 Å². The van der Waals surface area contributed by atoms with Crippen LogP contribution in [-0.2, 0) is 0 Å². The summed E-state index contributed by atoms with van der Waals surface area (Å²) < 4.78 is 5.27. The third-order valence-electron chi connectivity index (χ3n) is 4.26. The highest BCUT2D eigenvalue weighted by molar-refractivity contribution is 5.96. The van der Waals surface area contributed by atoms with Crippen molar-refractivity contribution < 1.29 is 9.21 Å². The van der Waals surface area contributed by atoms with Gasteiger partial charge in [0.05, 0.1) is 0 Å². The maximum Gasteiger partial charge on any atom is 0.349 e. The molecule has 1 aromatic heterocycles. The van der Waals surface area contributed by atoms with Gasteiger partial charge in [-0.3, -0.25) is 4.79 Å². The Balaban J connectivity index is 1.97. The average molecular weight is 300 g/mol. The van der Waals surface area contributed by atoms with Crippen LogP contribution in [0.3, 0.4) is 0 Å². The fourth-order valence-electron chi connectivity index (χ4n) is 3.13. The number of nitrogens with two attached hydrogens (primary N) is 1. The Hall–Kier alpha value is -2.14. The van der Waals surface area contributed by atoms with E-state index in [1.54, 1.807) is 23.1 Å². The Bertz CT molecular complexity index is 736. The molecule has 0 radical (unpaired) electrons. The molecule has 2 aromatic rings. The third kappa shape index (κ3) is 2.76. The second-order valence-corrected chi connectivity index (χ2v) is 5.71. The van der Waals surface area contributed by atoms with Crippen molar-refractivity contribution in [2.24, 2.45) is 5.73 Å². The number of piperidine rings is 1. The fraction of sp³-hybridized carbons (Fsp3) is 0.412. The van der Waals surface area contributed by atoms with Crippen LogP contribution in [0.1, 0.15) is 36.0 Å². The summed E-state index contributed by atoms with van der Waals surface area (Å²) >= 11 is 0. The topological polar surface area (TPSA) is 76.5 Å². The monoisotopic (exact) mass is 300 g/mol. The minimum atomic E-state index is -0.569. The molecule has 2 N–H and O–H groups in total. The number of rotatable bonds is 3. The van der Waals surface area contributed by atoms with Gasteiger partial charge in [-0.2, -0.15) is 0 Å². The van der Waals surface area contributed by atoms with E-state index in [0.29, 0.717) is 18.7 Å². The summed E-state index contributed by atoms with van der Waals surface area (Å²) in [6.45, 7) is 1.22. The van der Waals surface area contributed by atoms with Crippen LogP contribution in [0, 0.1) is 0 Å². The molecule has 1 aromatic carbocycles. The van der Waals surface area contributed by atoms with Crippen molar-refractivity contribution in [1.82, 2.24) is 4.90 Å². The molecule has 2 heterocycles. The van der Waals surface area contributed by atoms with Crippen LogP contribution in [0.5, 0.6) is 0 Å². The molecule has 0 saturated carbocycles. The Kier molecular flexibility index (Phi) is 4.24. The number of fused-ring (bicyclic) bond motifs is 1. The Morgan fingerprint density at radius 1 is 1.32 bits per heavy atom. The first-order chi connectivity index (χ1) is 10.7. The van der Waals surface area contributed by atoms with E-state index < -0.39 is 5.63 Å². The lowest BCUT2D eigenvalue weighted by molar-refractivity contribution is 0.0601. The highest BCUT2D eigenvalue weighted by Gasteiger charge is 2.28. The first kappa shape index (κ1) is 14.8. The second kappa shape index (κ2) is 6.32. The molecular weight excluding hydrogens is 280 g/mol. The lowest BCUT2D eigenvalue weighted by Gasteiger charge is -2.35. The Labute approximate surface area is 128 Å². The third-order valence-corrected chi connectivity index (χ3v) is 4.26. The molecule has 22 heavy (non-hydrogen) atoms. The zero-order valence-electron chi connectivity index (χ0n) is 12.5. The van der Waals surface area contributed by atoms with Gasteiger partial charge in [0.1, 0.15) is 11.1 Å². The Morgan fingerprint density at radius 3 is 2.95 bits per heavy atom. The van der Waals surface area contributed by atoms with Crippen LogP contribution in [0.25, 0.3) is 11.0 Å². The van der Waals surface area contributed by atoms with Gasteiger partial charge in [0.2, 0.25) is 0 Å². The molecule has 5 nitrogen and oxygen atoms in total. The van der Waals surface area contributed by atoms with Gasteiger partial charge in [-0.15, -0.1) is 0 Å². The van der Waals surface area contributed by atoms with Crippen molar-refractivity contribution in [3.05, 3.63) is 46.3 Å². The van der Waals surface area contributed by atoms with Gasteiger partial charge in [-0.05, 0) is 44.4 Å². The molecule has 1 atom stereocenters. The Morgan fingerprint density at radius 2 is 2.14 bits per heavy atom. The maximum absolute atomic E-state index is 12.8. The summed E-state index contributed by atoms with van der Waals surface area (Å²) in [4.78, 5) is 26.7. The lowest BCUT2D eigenvalue weighted by atomic mass is 9.98. The van der Waals surface area contributed by atoms with Gasteiger partial charge >= 0.3 is 5.63 Å². The molecule has 1 amide bonds. The van der Waals surface area contributed by atoms with E-state index >= 15 is 0 Å². The largest absolute Gasteiger partial charge is 0.422 e. The van der Waals surface area contributed by atoms with Crippen molar-refractivity contribution in [1.29, 1.82) is 0 Å². The van der Waals surface area contributed by atoms with Gasteiger partial charge in [0.15, 0.2) is 0 Å². The molecule has 1 aliphatic rings. The zero-order chi connectivity index (χ0) is 15.5. The van der Waals surface area contributed by atoms with Crippen molar-refractivity contribution in [3.8, 4) is 0 Å². The highest BCUT2D eigenvalue weighted by atomic mass is 16.4. The molecule has 0 spiro atoms. The van der Waals surface area contributed by atoms with E-state index in [1.807, 2.05) is 12.1 Å². The summed E-state index contributed by atoms with van der Waals surface area (Å²) in [5, 5.41) is 0.762. The summed E-state index contributed by atoms with van der Waals surface area (Å²) in [6.07, 6.45) is 3.78. The number of para-hydroxylation sites is 1. The van der Waals surface area contributed by atoms with Gasteiger partial charge < -0.3 is 15.1 Å². The molecule has 3 rings (SSSR count). The van der Waals surface area contributed by atoms with E-state index in [1.165, 1.54) is 0 Å². The normalized spacial score (nSPS) is 18.6. The number of carbonyl (C=O) groups is 1. The van der Waals surface area contributed by atoms with Crippen molar-refractivity contribution >= 4 is 16.9 Å². The molecule has 1 fully saturated rings. The number of hydrogen-bond acceptors (Lipinski definition) is 4. The number of hydrogen-bond donors (Lipinski definition) is 1. The minimum absolute atomic E-state index is 0.114. The molecule has 1 aliphatic heterocycles. The minimum Gasteiger partial charge on any atom is -0.422 e. The van der Waals surface area contributed by atoms with Crippen molar-refractivity contribution in [2.75, 3.05) is 13.1 Å². The van der Waals surface area contributed by atoms with Gasteiger partial charge in [-0.1, -0.05) is 18.2 Å². The smallest absolute Gasteiger partial charge is 0.349 e. The molecule has 1 unspecified atom stereocenters. The SMILES string of the molecule is NCCC1CCCCN1C(=O)c1cc2ccccc2oc1=O. The maximum atomic E-state index is 12.8. The van der Waals surface area contributed by atoms with Gasteiger partial charge in [0, 0.05) is 18.0 Å². The summed E-state index contributed by atoms with van der Waals surface area (Å²) in [7, 11) is 0. The number of carbonyl (C=O) groups excluding carboxylic acids is 1. The van der Waals surface area contributed by atoms with E-state index in [0.717, 1.165) is 31.1 Å². The van der Waals surface area contributed by atoms with Crippen LogP contribution >= 0.6 is 0 Å². The van der Waals surface area contributed by atoms with Crippen LogP contribution in [0.4, 0.5) is 0 Å². The number of benzene rings is 1. The molecule has 5 heteroatoms. The molecular formula is C17H20N2O3. The van der Waals surface area contributed by atoms with Crippen molar-refractivity contribution in [2.45, 2.75) is 31.7 Å². The number of nitrogens with zero attached hydrogens (tertiary/aromatic N) is 1. The zero-order valence-corrected chi connectivity index (χ0v) is 12.5. The summed E-state index contributed by atoms with van der Waals surface area (Å²) in [6, 6.07) is 8.98. The standard InChI is InChI=1S/C17H20N2O3/c18-9-8-13-6-3-4-10-19(13)16(20)14-11-12-5-1-2-7-15(12)22-17(14)21/h1-2,5,7,11,13H,3-4,6,8-10,18H2. The quantitative estimate of drug-likeness (QED) is 0.881. The molecule has 0 bridgehead atoms. The van der Waals surface area contributed by atoms with Crippen LogP contribution in [0.15, 0.2) is 39.5 Å². The van der Waals surface area contributed by atoms with Gasteiger partial charge in [-0.25, -0.2) is 4.79 Å². The highest BCUT2D eigenvalue weighted by Crippen LogP contribution is 2.22. The number of amides is 1. The van der Waals surface area contributed by atoms with E-state index in [2.05, 4.69) is 0 Å². The van der Waals surface area contributed by atoms with Crippen LogP contribution < -0.4 is 11.4 Å². The first-order valence-electron chi connectivity index (χ1n) is 7.74. The van der Waals surface area contributed by atoms with E-state index in [4.69, 9.17) is 10.2 Å². The fourth-order valence-corrected chi connectivity index (χ4v) is 3.13. The van der Waals surface area contributed by atoms with Gasteiger partial charge in [0.25, 0.3) is 5.91 Å². The van der Waals surface area contributed by atoms with E-state index in [-0.39, 0.29) is 17.5 Å². The summed E-state index contributed by atoms with van der Waals surface area (Å²) in [5.74, 6) is -0.238. The predicted molar refractivity (Wildman–Crippen MR) is 84.8 cm³/mol. The van der Waals surface area contributed by atoms with Crippen molar-refractivity contribution in [3.63, 3.8) is 0 Å². The summed E-state index contributed by atoms with van der Waals surface area (Å²) in [5.41, 5.74) is 5.69. The molecule has 116 valence electrons. The average Bonchev–Trinajstić information content (AvgIpc) is 2.54. The first-order valence-corrected chi connectivity index (χ1v) is 7.74. The van der Waals surface area contributed by atoms with E-state index in [9.17, 15) is 9.59 Å². The molecule has 0 aliphatic carbocycles. The number of likely N-dealkylation sites (tertiary alicyclic amines) is 1.